The molecule has 0 amide bonds. The van der Waals surface area contributed by atoms with Crippen molar-refractivity contribution in [1.29, 1.82) is 0 Å². The molecular formula is C20H23FN4. The maximum absolute atomic E-state index is 13.2. The molecule has 2 heterocycles. The van der Waals surface area contributed by atoms with Crippen molar-refractivity contribution < 1.29 is 4.39 Å². The van der Waals surface area contributed by atoms with Crippen molar-refractivity contribution in [2.24, 2.45) is 0 Å². The van der Waals surface area contributed by atoms with Gasteiger partial charge in [0, 0.05) is 6.04 Å². The van der Waals surface area contributed by atoms with Crippen molar-refractivity contribution in [3.8, 4) is 0 Å². The lowest BCUT2D eigenvalue weighted by Gasteiger charge is -2.18. The van der Waals surface area contributed by atoms with Gasteiger partial charge < -0.3 is 15.2 Å². The van der Waals surface area contributed by atoms with Gasteiger partial charge in [-0.05, 0) is 62.2 Å². The molecule has 130 valence electrons. The number of para-hydroxylation sites is 2. The molecule has 2 N–H and O–H groups in total. The normalized spacial score (nSPS) is 18.2. The Hall–Kier alpha value is -2.40. The highest BCUT2D eigenvalue weighted by Gasteiger charge is 2.16. The van der Waals surface area contributed by atoms with Crippen LogP contribution in [0, 0.1) is 5.82 Å². The Morgan fingerprint density at radius 1 is 1.08 bits per heavy atom. The van der Waals surface area contributed by atoms with Crippen LogP contribution in [0.3, 0.4) is 0 Å². The van der Waals surface area contributed by atoms with Crippen LogP contribution in [-0.2, 0) is 6.54 Å². The van der Waals surface area contributed by atoms with Gasteiger partial charge in [0.2, 0.25) is 5.95 Å². The molecule has 1 atom stereocenters. The lowest BCUT2D eigenvalue weighted by atomic mass is 10.1. The number of halogens is 1. The van der Waals surface area contributed by atoms with Crippen LogP contribution < -0.4 is 10.6 Å². The monoisotopic (exact) mass is 338 g/mol. The van der Waals surface area contributed by atoms with Gasteiger partial charge in [-0.2, -0.15) is 0 Å². The Labute approximate surface area is 147 Å². The summed E-state index contributed by atoms with van der Waals surface area (Å²) in [5.74, 6) is 0.695. The molecule has 0 saturated carbocycles. The predicted octanol–water partition coefficient (Wildman–Crippen LogP) is 3.78. The highest BCUT2D eigenvalue weighted by atomic mass is 19.1. The number of nitrogens with one attached hydrogen (secondary N) is 2. The van der Waals surface area contributed by atoms with E-state index in [-0.39, 0.29) is 5.82 Å². The molecule has 2 aromatic carbocycles. The Morgan fingerprint density at radius 3 is 2.80 bits per heavy atom. The van der Waals surface area contributed by atoms with Crippen molar-refractivity contribution in [2.75, 3.05) is 18.4 Å². The molecule has 1 aromatic heterocycles. The number of anilines is 1. The molecule has 4 rings (SSSR count). The summed E-state index contributed by atoms with van der Waals surface area (Å²) in [7, 11) is 0. The molecule has 1 fully saturated rings. The van der Waals surface area contributed by atoms with Crippen LogP contribution in [0.15, 0.2) is 48.5 Å². The van der Waals surface area contributed by atoms with Gasteiger partial charge in [-0.1, -0.05) is 24.3 Å². The number of imidazole rings is 1. The molecule has 4 nitrogen and oxygen atoms in total. The molecule has 3 aromatic rings. The van der Waals surface area contributed by atoms with Gasteiger partial charge in [0.15, 0.2) is 0 Å². The van der Waals surface area contributed by atoms with E-state index in [4.69, 9.17) is 4.98 Å². The van der Waals surface area contributed by atoms with E-state index in [0.717, 1.165) is 48.5 Å². The second kappa shape index (κ2) is 7.23. The first-order valence-electron chi connectivity index (χ1n) is 8.96. The quantitative estimate of drug-likeness (QED) is 0.761. The molecule has 1 saturated heterocycles. The molecule has 0 spiro atoms. The van der Waals surface area contributed by atoms with Crippen LogP contribution in [0.4, 0.5) is 10.3 Å². The van der Waals surface area contributed by atoms with Gasteiger partial charge in [-0.3, -0.25) is 0 Å². The third-order valence-corrected chi connectivity index (χ3v) is 4.82. The van der Waals surface area contributed by atoms with Crippen molar-refractivity contribution >= 4 is 17.0 Å². The second-order valence-electron chi connectivity index (χ2n) is 6.66. The van der Waals surface area contributed by atoms with Gasteiger partial charge >= 0.3 is 0 Å². The predicted molar refractivity (Wildman–Crippen MR) is 99.4 cm³/mol. The number of rotatable bonds is 4. The highest BCUT2D eigenvalue weighted by molar-refractivity contribution is 5.78. The van der Waals surface area contributed by atoms with Crippen LogP contribution in [0.1, 0.15) is 24.8 Å². The SMILES string of the molecule is Fc1ccc(Cn2c(NC3CCCNCC3)nc3ccccc32)cc1. The molecule has 5 heteroatoms. The van der Waals surface area contributed by atoms with Crippen molar-refractivity contribution in [3.05, 3.63) is 59.9 Å². The van der Waals surface area contributed by atoms with Gasteiger partial charge in [0.1, 0.15) is 5.82 Å². The summed E-state index contributed by atoms with van der Waals surface area (Å²) in [6.07, 6.45) is 3.42. The summed E-state index contributed by atoms with van der Waals surface area (Å²) >= 11 is 0. The topological polar surface area (TPSA) is 41.9 Å². The zero-order valence-electron chi connectivity index (χ0n) is 14.2. The minimum Gasteiger partial charge on any atom is -0.353 e. The number of hydrogen-bond acceptors (Lipinski definition) is 3. The lowest BCUT2D eigenvalue weighted by molar-refractivity contribution is 0.623. The molecular weight excluding hydrogens is 315 g/mol. The summed E-state index contributed by atoms with van der Waals surface area (Å²) in [5, 5.41) is 7.09. The summed E-state index contributed by atoms with van der Waals surface area (Å²) < 4.78 is 15.4. The Balaban J connectivity index is 1.66. The average Bonchev–Trinajstić information content (AvgIpc) is 2.79. The molecule has 0 bridgehead atoms. The Morgan fingerprint density at radius 2 is 1.92 bits per heavy atom. The summed E-state index contributed by atoms with van der Waals surface area (Å²) in [6, 6.07) is 15.3. The number of benzene rings is 2. The van der Waals surface area contributed by atoms with Crippen LogP contribution in [0.25, 0.3) is 11.0 Å². The first kappa shape index (κ1) is 16.1. The van der Waals surface area contributed by atoms with E-state index in [2.05, 4.69) is 21.3 Å². The van der Waals surface area contributed by atoms with Crippen LogP contribution >= 0.6 is 0 Å². The minimum atomic E-state index is -0.205. The second-order valence-corrected chi connectivity index (χ2v) is 6.66. The van der Waals surface area contributed by atoms with Gasteiger partial charge in [-0.25, -0.2) is 9.37 Å². The zero-order valence-corrected chi connectivity index (χ0v) is 14.2. The fourth-order valence-corrected chi connectivity index (χ4v) is 3.46. The van der Waals surface area contributed by atoms with Crippen molar-refractivity contribution in [2.45, 2.75) is 31.8 Å². The van der Waals surface area contributed by atoms with E-state index in [9.17, 15) is 4.39 Å². The van der Waals surface area contributed by atoms with Crippen LogP contribution in [-0.4, -0.2) is 28.7 Å². The molecule has 25 heavy (non-hydrogen) atoms. The fourth-order valence-electron chi connectivity index (χ4n) is 3.46. The smallest absolute Gasteiger partial charge is 0.204 e. The van der Waals surface area contributed by atoms with Crippen molar-refractivity contribution in [1.82, 2.24) is 14.9 Å². The van der Waals surface area contributed by atoms with Gasteiger partial charge in [0.05, 0.1) is 17.6 Å². The average molecular weight is 338 g/mol. The Kier molecular flexibility index (Phi) is 4.65. The highest BCUT2D eigenvalue weighted by Crippen LogP contribution is 2.23. The Bertz CT molecular complexity index is 833. The first-order valence-corrected chi connectivity index (χ1v) is 8.96. The molecule has 0 aliphatic carbocycles. The maximum Gasteiger partial charge on any atom is 0.204 e. The third kappa shape index (κ3) is 3.66. The van der Waals surface area contributed by atoms with Gasteiger partial charge in [0.25, 0.3) is 0 Å². The molecule has 0 radical (unpaired) electrons. The summed E-state index contributed by atoms with van der Waals surface area (Å²) in [4.78, 5) is 4.81. The van der Waals surface area contributed by atoms with E-state index in [1.54, 1.807) is 0 Å². The number of aromatic nitrogens is 2. The number of hydrogen-bond donors (Lipinski definition) is 2. The van der Waals surface area contributed by atoms with E-state index < -0.39 is 0 Å². The number of fused-ring (bicyclic) bond motifs is 1. The molecule has 1 aliphatic heterocycles. The van der Waals surface area contributed by atoms with Gasteiger partial charge in [-0.15, -0.1) is 0 Å². The summed E-state index contributed by atoms with van der Waals surface area (Å²) in [5.41, 5.74) is 3.15. The third-order valence-electron chi connectivity index (χ3n) is 4.82. The van der Waals surface area contributed by atoms with E-state index in [1.807, 2.05) is 30.3 Å². The zero-order chi connectivity index (χ0) is 17.1. The van der Waals surface area contributed by atoms with Crippen LogP contribution in [0.2, 0.25) is 0 Å². The summed E-state index contributed by atoms with van der Waals surface area (Å²) in [6.45, 7) is 2.80. The van der Waals surface area contributed by atoms with E-state index in [1.165, 1.54) is 18.6 Å². The number of nitrogens with zero attached hydrogens (tertiary/aromatic N) is 2. The van der Waals surface area contributed by atoms with Crippen molar-refractivity contribution in [3.63, 3.8) is 0 Å². The van der Waals surface area contributed by atoms with E-state index in [0.29, 0.717) is 12.6 Å². The fraction of sp³-hybridized carbons (Fsp3) is 0.350. The maximum atomic E-state index is 13.2. The standard InChI is InChI=1S/C20H23FN4/c21-16-9-7-15(8-10-16)14-25-19-6-2-1-5-18(19)24-20(25)23-17-4-3-12-22-13-11-17/h1-2,5-10,17,22H,3-4,11-14H2,(H,23,24). The molecule has 1 unspecified atom stereocenters. The van der Waals surface area contributed by atoms with Crippen LogP contribution in [0.5, 0.6) is 0 Å². The lowest BCUT2D eigenvalue weighted by Crippen LogP contribution is -2.23. The molecule has 1 aliphatic rings. The minimum absolute atomic E-state index is 0.205. The first-order chi connectivity index (χ1) is 12.3. The van der Waals surface area contributed by atoms with E-state index >= 15 is 0 Å². The largest absolute Gasteiger partial charge is 0.353 e.